The number of amides is 4. The number of nitrogens with zero attached hydrogens (tertiary/aromatic N) is 2. The van der Waals surface area contributed by atoms with Crippen molar-refractivity contribution in [3.05, 3.63) is 54.1 Å². The van der Waals surface area contributed by atoms with Crippen LogP contribution in [0.3, 0.4) is 0 Å². The molecule has 2 aromatic carbocycles. The molecule has 10 unspecified atom stereocenters. The highest BCUT2D eigenvalue weighted by Gasteiger charge is 2.77. The maximum Gasteiger partial charge on any atom is 0.237 e. The van der Waals surface area contributed by atoms with Crippen molar-refractivity contribution in [1.29, 1.82) is 0 Å². The fourth-order valence-electron chi connectivity index (χ4n) is 9.61. The van der Waals surface area contributed by atoms with E-state index in [1.165, 1.54) is 9.80 Å². The van der Waals surface area contributed by atoms with Crippen molar-refractivity contribution in [2.24, 2.45) is 59.2 Å². The molecule has 8 rings (SSSR count). The Hall–Kier alpha value is -3.48. The topological polar surface area (TPSA) is 84.0 Å². The highest BCUT2D eigenvalue weighted by molar-refractivity contribution is 6.22. The monoisotopic (exact) mass is 496 g/mol. The zero-order valence-corrected chi connectivity index (χ0v) is 20.7. The van der Waals surface area contributed by atoms with Gasteiger partial charge >= 0.3 is 0 Å². The molecule has 6 fully saturated rings. The van der Waals surface area contributed by atoms with Crippen LogP contribution in [0.5, 0.6) is 11.5 Å². The second-order valence-electron chi connectivity index (χ2n) is 12.0. The minimum Gasteiger partial charge on any atom is -0.457 e. The summed E-state index contributed by atoms with van der Waals surface area (Å²) >= 11 is 0. The molecular weight excluding hydrogens is 468 g/mol. The molecule has 2 heterocycles. The molecule has 0 spiro atoms. The van der Waals surface area contributed by atoms with E-state index in [-0.39, 0.29) is 82.8 Å². The smallest absolute Gasteiger partial charge is 0.237 e. The van der Waals surface area contributed by atoms with Crippen molar-refractivity contribution in [1.82, 2.24) is 4.90 Å². The summed E-state index contributed by atoms with van der Waals surface area (Å²) in [6.07, 6.45) is 1.78. The van der Waals surface area contributed by atoms with Crippen LogP contribution >= 0.6 is 0 Å². The lowest BCUT2D eigenvalue weighted by atomic mass is 9.59. The number of likely N-dealkylation sites (tertiary alicyclic amines) is 1. The van der Waals surface area contributed by atoms with Crippen molar-refractivity contribution in [2.75, 3.05) is 11.9 Å². The Morgan fingerprint density at radius 2 is 1.03 bits per heavy atom. The van der Waals surface area contributed by atoms with Crippen LogP contribution in [0.15, 0.2) is 48.5 Å². The number of hydrogen-bond donors (Lipinski definition) is 0. The lowest BCUT2D eigenvalue weighted by Gasteiger charge is -2.41. The van der Waals surface area contributed by atoms with Crippen LogP contribution in [0.1, 0.15) is 18.4 Å². The Morgan fingerprint density at radius 1 is 0.622 bits per heavy atom. The fraction of sp³-hybridized carbons (Fsp3) is 0.467. The summed E-state index contributed by atoms with van der Waals surface area (Å²) in [5, 5.41) is 0. The van der Waals surface area contributed by atoms with Crippen molar-refractivity contribution in [3.8, 4) is 11.5 Å². The van der Waals surface area contributed by atoms with Crippen molar-refractivity contribution in [2.45, 2.75) is 19.8 Å². The molecule has 0 radical (unpaired) electrons. The quantitative estimate of drug-likeness (QED) is 0.479. The van der Waals surface area contributed by atoms with Crippen LogP contribution < -0.4 is 9.64 Å². The van der Waals surface area contributed by atoms with E-state index in [4.69, 9.17) is 4.74 Å². The van der Waals surface area contributed by atoms with Gasteiger partial charge in [0.1, 0.15) is 11.5 Å². The maximum absolute atomic E-state index is 13.7. The molecule has 0 aromatic heterocycles. The number of hydrogen-bond acceptors (Lipinski definition) is 5. The molecule has 4 aliphatic carbocycles. The average molecular weight is 497 g/mol. The average Bonchev–Trinajstić information content (AvgIpc) is 3.71. The number of imide groups is 2. The maximum atomic E-state index is 13.7. The van der Waals surface area contributed by atoms with Crippen LogP contribution in [-0.4, -0.2) is 35.6 Å². The first-order valence-electron chi connectivity index (χ1n) is 13.4. The summed E-state index contributed by atoms with van der Waals surface area (Å²) in [7, 11) is 1.60. The van der Waals surface area contributed by atoms with Crippen molar-refractivity contribution in [3.63, 3.8) is 0 Å². The number of fused-ring (bicyclic) bond motifs is 15. The molecule has 37 heavy (non-hydrogen) atoms. The number of anilines is 1. The van der Waals surface area contributed by atoms with E-state index in [1.54, 1.807) is 31.3 Å². The Kier molecular flexibility index (Phi) is 4.14. The largest absolute Gasteiger partial charge is 0.457 e. The number of benzene rings is 2. The summed E-state index contributed by atoms with van der Waals surface area (Å²) in [4.78, 5) is 55.9. The van der Waals surface area contributed by atoms with Gasteiger partial charge in [0.15, 0.2) is 0 Å². The van der Waals surface area contributed by atoms with Gasteiger partial charge in [-0.25, -0.2) is 0 Å². The van der Waals surface area contributed by atoms with Crippen LogP contribution in [0, 0.1) is 66.1 Å². The molecule has 2 aliphatic heterocycles. The molecular formula is C30H28N2O5. The Bertz CT molecular complexity index is 1330. The molecule has 4 saturated carbocycles. The summed E-state index contributed by atoms with van der Waals surface area (Å²) in [6, 6.07) is 14.9. The number of aryl methyl sites for hydroxylation is 1. The van der Waals surface area contributed by atoms with E-state index < -0.39 is 0 Å². The van der Waals surface area contributed by atoms with Gasteiger partial charge in [-0.2, -0.15) is 0 Å². The lowest BCUT2D eigenvalue weighted by Crippen LogP contribution is -2.45. The van der Waals surface area contributed by atoms with E-state index in [9.17, 15) is 19.2 Å². The standard InChI is InChI=1S/C30H28N2O5/c1-13-3-7-15(8-4-13)37-16-9-5-14(6-10-16)32-29(35)25-19-12-20(26(25)30(32)36)22-18-11-17(21(19)22)23-24(18)28(34)31(2)27(23)33/h3-10,17-26H,11-12H2,1-2H3. The van der Waals surface area contributed by atoms with Gasteiger partial charge in [-0.15, -0.1) is 0 Å². The van der Waals surface area contributed by atoms with Crippen LogP contribution in [0.2, 0.25) is 0 Å². The minimum absolute atomic E-state index is 0.0383. The number of carbonyl (C=O) groups excluding carboxylic acids is 4. The Balaban J connectivity index is 1.06. The third-order valence-electron chi connectivity index (χ3n) is 10.7. The molecule has 6 aliphatic rings. The molecule has 7 nitrogen and oxygen atoms in total. The first-order valence-corrected chi connectivity index (χ1v) is 13.4. The third kappa shape index (κ3) is 2.57. The van der Waals surface area contributed by atoms with Gasteiger partial charge in [0, 0.05) is 7.05 Å². The van der Waals surface area contributed by atoms with Gasteiger partial charge in [0.05, 0.1) is 29.4 Å². The van der Waals surface area contributed by atoms with Crippen molar-refractivity contribution < 1.29 is 23.9 Å². The third-order valence-corrected chi connectivity index (χ3v) is 10.7. The molecule has 188 valence electrons. The highest BCUT2D eigenvalue weighted by Crippen LogP contribution is 2.74. The van der Waals surface area contributed by atoms with E-state index in [0.717, 1.165) is 24.2 Å². The van der Waals surface area contributed by atoms with Gasteiger partial charge < -0.3 is 4.74 Å². The molecule has 2 aromatic rings. The molecule has 2 saturated heterocycles. The minimum atomic E-state index is -0.301. The molecule has 10 atom stereocenters. The van der Waals surface area contributed by atoms with E-state index in [2.05, 4.69) is 0 Å². The van der Waals surface area contributed by atoms with Gasteiger partial charge in [0.2, 0.25) is 23.6 Å². The normalized spacial score (nSPS) is 40.6. The predicted molar refractivity (Wildman–Crippen MR) is 132 cm³/mol. The number of ether oxygens (including phenoxy) is 1. The first-order chi connectivity index (χ1) is 17.8. The summed E-state index contributed by atoms with van der Waals surface area (Å²) in [5.74, 6) is 1.24. The molecule has 0 N–H and O–H groups in total. The van der Waals surface area contributed by atoms with Crippen LogP contribution in [0.4, 0.5) is 5.69 Å². The SMILES string of the molecule is Cc1ccc(Oc2ccc(N3C(=O)C4C5CC(C4C3=O)C3C4CC(C6C(=O)N(C)C(=O)C46)C53)cc2)cc1. The van der Waals surface area contributed by atoms with Crippen LogP contribution in [-0.2, 0) is 19.2 Å². The van der Waals surface area contributed by atoms with E-state index in [1.807, 2.05) is 31.2 Å². The fourth-order valence-corrected chi connectivity index (χ4v) is 9.61. The molecule has 4 bridgehead atoms. The predicted octanol–water partition coefficient (Wildman–Crippen LogP) is 3.66. The van der Waals surface area contributed by atoms with Gasteiger partial charge in [-0.05, 0) is 91.7 Å². The highest BCUT2D eigenvalue weighted by atomic mass is 16.5. The Labute approximate surface area is 214 Å². The lowest BCUT2D eigenvalue weighted by molar-refractivity contribution is -0.139. The second kappa shape index (κ2) is 7.09. The van der Waals surface area contributed by atoms with Crippen molar-refractivity contribution >= 4 is 29.3 Å². The van der Waals surface area contributed by atoms with E-state index in [0.29, 0.717) is 11.4 Å². The summed E-state index contributed by atoms with van der Waals surface area (Å²) in [6.45, 7) is 2.02. The van der Waals surface area contributed by atoms with E-state index >= 15 is 0 Å². The number of rotatable bonds is 3. The second-order valence-corrected chi connectivity index (χ2v) is 12.0. The number of carbonyl (C=O) groups is 4. The van der Waals surface area contributed by atoms with Crippen LogP contribution in [0.25, 0.3) is 0 Å². The van der Waals surface area contributed by atoms with Gasteiger partial charge in [-0.1, -0.05) is 17.7 Å². The Morgan fingerprint density at radius 3 is 1.49 bits per heavy atom. The van der Waals surface area contributed by atoms with Gasteiger partial charge in [0.25, 0.3) is 0 Å². The summed E-state index contributed by atoms with van der Waals surface area (Å²) in [5.41, 5.74) is 1.73. The zero-order valence-electron chi connectivity index (χ0n) is 20.7. The zero-order chi connectivity index (χ0) is 25.3. The molecule has 7 heteroatoms. The first kappa shape index (κ1) is 21.6. The van der Waals surface area contributed by atoms with Gasteiger partial charge in [-0.3, -0.25) is 29.0 Å². The molecule has 4 amide bonds. The summed E-state index contributed by atoms with van der Waals surface area (Å²) < 4.78 is 5.92.